The van der Waals surface area contributed by atoms with E-state index in [0.29, 0.717) is 19.8 Å². The van der Waals surface area contributed by atoms with Gasteiger partial charge in [-0.3, -0.25) is 4.79 Å². The fourth-order valence-corrected chi connectivity index (χ4v) is 2.41. The lowest BCUT2D eigenvalue weighted by atomic mass is 10.1. The fourth-order valence-electron chi connectivity index (χ4n) is 2.41. The summed E-state index contributed by atoms with van der Waals surface area (Å²) >= 11 is 0. The fraction of sp³-hybridized carbons (Fsp3) is 0.571. The average Bonchev–Trinajstić information content (AvgIpc) is 2.44. The molecule has 1 aliphatic heterocycles. The van der Waals surface area contributed by atoms with Crippen molar-refractivity contribution in [3.63, 3.8) is 0 Å². The van der Waals surface area contributed by atoms with Crippen molar-refractivity contribution < 1.29 is 4.74 Å². The van der Waals surface area contributed by atoms with Gasteiger partial charge in [-0.2, -0.15) is 5.26 Å². The summed E-state index contributed by atoms with van der Waals surface area (Å²) in [7, 11) is 0. The minimum absolute atomic E-state index is 0.175. The molecule has 0 unspecified atom stereocenters. The summed E-state index contributed by atoms with van der Waals surface area (Å²) < 4.78 is 6.99. The van der Waals surface area contributed by atoms with Crippen molar-refractivity contribution in [1.82, 2.24) is 4.57 Å². The number of morpholine rings is 1. The van der Waals surface area contributed by atoms with Crippen molar-refractivity contribution >= 4 is 5.69 Å². The molecule has 1 saturated heterocycles. The molecule has 2 rings (SSSR count). The number of nitrogens with zero attached hydrogens (tertiary/aromatic N) is 3. The summed E-state index contributed by atoms with van der Waals surface area (Å²) in [6.45, 7) is 7.33. The highest BCUT2D eigenvalue weighted by molar-refractivity contribution is 5.59. The number of hydrogen-bond acceptors (Lipinski definition) is 4. The quantitative estimate of drug-likeness (QED) is 0.822. The van der Waals surface area contributed by atoms with E-state index in [4.69, 9.17) is 4.74 Å². The molecule has 1 aromatic rings. The molecule has 2 heterocycles. The molecule has 0 spiro atoms. The van der Waals surface area contributed by atoms with Crippen LogP contribution in [0, 0.1) is 18.3 Å². The van der Waals surface area contributed by atoms with E-state index in [2.05, 4.69) is 11.0 Å². The Hall–Kier alpha value is -1.80. The zero-order valence-electron chi connectivity index (χ0n) is 11.5. The molecule has 5 nitrogen and oxygen atoms in total. The second-order valence-electron chi connectivity index (χ2n) is 4.71. The van der Waals surface area contributed by atoms with E-state index in [1.165, 1.54) is 0 Å². The lowest BCUT2D eigenvalue weighted by Crippen LogP contribution is -2.38. The predicted molar refractivity (Wildman–Crippen MR) is 73.5 cm³/mol. The van der Waals surface area contributed by atoms with E-state index >= 15 is 0 Å². The van der Waals surface area contributed by atoms with Gasteiger partial charge in [0, 0.05) is 25.3 Å². The standard InChI is InChI=1S/C14H19N3O2/c1-3-4-17-11(2)9-13(12(10-15)14(17)18)16-5-7-19-8-6-16/h9H,3-8H2,1-2H3. The van der Waals surface area contributed by atoms with Gasteiger partial charge in [-0.05, 0) is 19.4 Å². The highest BCUT2D eigenvalue weighted by Gasteiger charge is 2.19. The second-order valence-corrected chi connectivity index (χ2v) is 4.71. The summed E-state index contributed by atoms with van der Waals surface area (Å²) in [6.07, 6.45) is 0.877. The molecule has 0 bridgehead atoms. The highest BCUT2D eigenvalue weighted by atomic mass is 16.5. The molecule has 1 aliphatic rings. The molecule has 0 aromatic carbocycles. The van der Waals surface area contributed by atoms with Gasteiger partial charge in [0.2, 0.25) is 0 Å². The minimum Gasteiger partial charge on any atom is -0.378 e. The van der Waals surface area contributed by atoms with Crippen LogP contribution in [0.1, 0.15) is 24.6 Å². The van der Waals surface area contributed by atoms with Gasteiger partial charge >= 0.3 is 0 Å². The van der Waals surface area contributed by atoms with Crippen LogP contribution in [0.4, 0.5) is 5.69 Å². The van der Waals surface area contributed by atoms with Crippen LogP contribution in [-0.2, 0) is 11.3 Å². The van der Waals surface area contributed by atoms with Gasteiger partial charge in [0.05, 0.1) is 18.9 Å². The van der Waals surface area contributed by atoms with Gasteiger partial charge in [-0.15, -0.1) is 0 Å². The van der Waals surface area contributed by atoms with Crippen molar-refractivity contribution in [2.75, 3.05) is 31.2 Å². The lowest BCUT2D eigenvalue weighted by molar-refractivity contribution is 0.122. The molecule has 0 N–H and O–H groups in total. The summed E-state index contributed by atoms with van der Waals surface area (Å²) in [5.74, 6) is 0. The Morgan fingerprint density at radius 1 is 1.42 bits per heavy atom. The summed E-state index contributed by atoms with van der Waals surface area (Å²) in [5.41, 5.74) is 1.74. The van der Waals surface area contributed by atoms with Gasteiger partial charge in [-0.1, -0.05) is 6.92 Å². The van der Waals surface area contributed by atoms with Crippen molar-refractivity contribution in [2.45, 2.75) is 26.8 Å². The minimum atomic E-state index is -0.175. The van der Waals surface area contributed by atoms with E-state index in [-0.39, 0.29) is 11.1 Å². The molecule has 0 saturated carbocycles. The first kappa shape index (κ1) is 13.6. The Balaban J connectivity index is 2.50. The van der Waals surface area contributed by atoms with E-state index in [9.17, 15) is 10.1 Å². The number of ether oxygens (including phenoxy) is 1. The first-order chi connectivity index (χ1) is 9.19. The Morgan fingerprint density at radius 3 is 2.68 bits per heavy atom. The summed E-state index contributed by atoms with van der Waals surface area (Å²) in [5, 5.41) is 9.29. The predicted octanol–water partition coefficient (Wildman–Crippen LogP) is 1.28. The van der Waals surface area contributed by atoms with Crippen LogP contribution < -0.4 is 10.5 Å². The van der Waals surface area contributed by atoms with E-state index in [0.717, 1.165) is 30.9 Å². The molecular weight excluding hydrogens is 242 g/mol. The van der Waals surface area contributed by atoms with Gasteiger partial charge in [-0.25, -0.2) is 0 Å². The molecule has 1 fully saturated rings. The monoisotopic (exact) mass is 261 g/mol. The molecule has 0 amide bonds. The summed E-state index contributed by atoms with van der Waals surface area (Å²) in [4.78, 5) is 14.4. The van der Waals surface area contributed by atoms with Crippen molar-refractivity contribution in [2.24, 2.45) is 0 Å². The maximum absolute atomic E-state index is 12.4. The number of anilines is 1. The molecule has 102 valence electrons. The van der Waals surface area contributed by atoms with Crippen LogP contribution in [0.5, 0.6) is 0 Å². The normalized spacial score (nSPS) is 15.3. The van der Waals surface area contributed by atoms with Crippen LogP contribution in [0.15, 0.2) is 10.9 Å². The molecular formula is C14H19N3O2. The lowest BCUT2D eigenvalue weighted by Gasteiger charge is -2.30. The number of rotatable bonds is 3. The third-order valence-corrected chi connectivity index (χ3v) is 3.40. The zero-order chi connectivity index (χ0) is 13.8. The molecule has 0 atom stereocenters. The third kappa shape index (κ3) is 2.64. The van der Waals surface area contributed by atoms with Crippen molar-refractivity contribution in [1.29, 1.82) is 5.26 Å². The Bertz CT molecular complexity index is 551. The number of pyridine rings is 1. The number of aryl methyl sites for hydroxylation is 1. The third-order valence-electron chi connectivity index (χ3n) is 3.40. The van der Waals surface area contributed by atoms with Crippen LogP contribution in [0.25, 0.3) is 0 Å². The highest BCUT2D eigenvalue weighted by Crippen LogP contribution is 2.20. The first-order valence-corrected chi connectivity index (χ1v) is 6.66. The molecule has 1 aromatic heterocycles. The molecule has 19 heavy (non-hydrogen) atoms. The van der Waals surface area contributed by atoms with Gasteiger partial charge in [0.1, 0.15) is 11.6 Å². The second kappa shape index (κ2) is 5.89. The number of nitriles is 1. The Kier molecular flexibility index (Phi) is 4.23. The van der Waals surface area contributed by atoms with Crippen molar-refractivity contribution in [3.05, 3.63) is 27.7 Å². The SMILES string of the molecule is CCCn1c(C)cc(N2CCOCC2)c(C#N)c1=O. The van der Waals surface area contributed by atoms with Gasteiger partial charge in [0.15, 0.2) is 0 Å². The Morgan fingerprint density at radius 2 is 2.11 bits per heavy atom. The van der Waals surface area contributed by atoms with Crippen LogP contribution in [0.2, 0.25) is 0 Å². The molecule has 0 aliphatic carbocycles. The maximum Gasteiger partial charge on any atom is 0.270 e. The number of aromatic nitrogens is 1. The zero-order valence-corrected chi connectivity index (χ0v) is 11.5. The van der Waals surface area contributed by atoms with Gasteiger partial charge < -0.3 is 14.2 Å². The van der Waals surface area contributed by atoms with E-state index in [1.807, 2.05) is 19.9 Å². The molecule has 5 heteroatoms. The molecule has 0 radical (unpaired) electrons. The van der Waals surface area contributed by atoms with Crippen molar-refractivity contribution in [3.8, 4) is 6.07 Å². The van der Waals surface area contributed by atoms with Crippen LogP contribution in [0.3, 0.4) is 0 Å². The Labute approximate surface area is 113 Å². The van der Waals surface area contributed by atoms with Crippen LogP contribution in [-0.4, -0.2) is 30.9 Å². The largest absolute Gasteiger partial charge is 0.378 e. The van der Waals surface area contributed by atoms with E-state index in [1.54, 1.807) is 4.57 Å². The first-order valence-electron chi connectivity index (χ1n) is 6.66. The van der Waals surface area contributed by atoms with E-state index < -0.39 is 0 Å². The number of hydrogen-bond donors (Lipinski definition) is 0. The maximum atomic E-state index is 12.4. The smallest absolute Gasteiger partial charge is 0.270 e. The van der Waals surface area contributed by atoms with Crippen LogP contribution >= 0.6 is 0 Å². The summed E-state index contributed by atoms with van der Waals surface area (Å²) in [6, 6.07) is 4.02. The average molecular weight is 261 g/mol. The van der Waals surface area contributed by atoms with Gasteiger partial charge in [0.25, 0.3) is 5.56 Å². The topological polar surface area (TPSA) is 58.3 Å².